The van der Waals surface area contributed by atoms with E-state index in [4.69, 9.17) is 0 Å². The van der Waals surface area contributed by atoms with Gasteiger partial charge in [-0.3, -0.25) is 0 Å². The molecule has 1 nitrogen and oxygen atoms in total. The molecule has 19 heavy (non-hydrogen) atoms. The van der Waals surface area contributed by atoms with Gasteiger partial charge in [-0.05, 0) is 73.0 Å². The van der Waals surface area contributed by atoms with Crippen LogP contribution in [0, 0.1) is 17.8 Å². The first-order chi connectivity index (χ1) is 9.13. The number of fused-ring (bicyclic) bond motifs is 1. The highest BCUT2D eigenvalue weighted by atomic mass is 16.3. The summed E-state index contributed by atoms with van der Waals surface area (Å²) in [6.45, 7) is 4.66. The minimum atomic E-state index is -0.254. The number of benzene rings is 1. The standard InChI is InChI=1S/C18H26O/c1-12-8-13(2)10-17(9-12)18(19)16-7-6-14-4-3-5-15(14)11-16/h6-7,11-13,17-19H,3-5,8-10H2,1-2H3. The largest absolute Gasteiger partial charge is 0.388 e. The maximum atomic E-state index is 10.7. The zero-order valence-electron chi connectivity index (χ0n) is 12.2. The Morgan fingerprint density at radius 1 is 1.00 bits per heavy atom. The van der Waals surface area contributed by atoms with Gasteiger partial charge in [0.1, 0.15) is 0 Å². The quantitative estimate of drug-likeness (QED) is 0.839. The predicted octanol–water partition coefficient (Wildman–Crippen LogP) is 4.28. The van der Waals surface area contributed by atoms with Gasteiger partial charge in [0.15, 0.2) is 0 Å². The van der Waals surface area contributed by atoms with Gasteiger partial charge in [-0.25, -0.2) is 0 Å². The Morgan fingerprint density at radius 3 is 2.42 bits per heavy atom. The highest BCUT2D eigenvalue weighted by Crippen LogP contribution is 2.40. The van der Waals surface area contributed by atoms with Crippen molar-refractivity contribution in [1.82, 2.24) is 0 Å². The van der Waals surface area contributed by atoms with E-state index in [-0.39, 0.29) is 6.10 Å². The molecule has 0 radical (unpaired) electrons. The fourth-order valence-electron chi connectivity index (χ4n) is 4.31. The number of hydrogen-bond acceptors (Lipinski definition) is 1. The van der Waals surface area contributed by atoms with Gasteiger partial charge in [-0.2, -0.15) is 0 Å². The summed E-state index contributed by atoms with van der Waals surface area (Å²) in [5, 5.41) is 10.7. The van der Waals surface area contributed by atoms with Gasteiger partial charge in [0.2, 0.25) is 0 Å². The Morgan fingerprint density at radius 2 is 1.68 bits per heavy atom. The highest BCUT2D eigenvalue weighted by Gasteiger charge is 2.30. The van der Waals surface area contributed by atoms with Crippen LogP contribution in [-0.4, -0.2) is 5.11 Å². The van der Waals surface area contributed by atoms with Gasteiger partial charge in [-0.15, -0.1) is 0 Å². The van der Waals surface area contributed by atoms with E-state index < -0.39 is 0 Å². The molecule has 3 unspecified atom stereocenters. The summed E-state index contributed by atoms with van der Waals surface area (Å²) in [6.07, 6.45) is 7.15. The first-order valence-electron chi connectivity index (χ1n) is 7.93. The zero-order chi connectivity index (χ0) is 13.4. The molecular weight excluding hydrogens is 232 g/mol. The van der Waals surface area contributed by atoms with E-state index in [9.17, 15) is 5.11 Å². The van der Waals surface area contributed by atoms with Crippen LogP contribution in [-0.2, 0) is 12.8 Å². The molecule has 1 aromatic rings. The monoisotopic (exact) mass is 258 g/mol. The third-order valence-electron chi connectivity index (χ3n) is 5.13. The van der Waals surface area contributed by atoms with Crippen molar-refractivity contribution in [3.05, 3.63) is 34.9 Å². The van der Waals surface area contributed by atoms with E-state index in [1.54, 1.807) is 0 Å². The molecule has 1 fully saturated rings. The van der Waals surface area contributed by atoms with Gasteiger partial charge in [0.05, 0.1) is 6.10 Å². The molecule has 0 spiro atoms. The number of aryl methyl sites for hydroxylation is 2. The molecule has 1 heteroatoms. The second-order valence-corrected chi connectivity index (χ2v) is 7.00. The van der Waals surface area contributed by atoms with Gasteiger partial charge >= 0.3 is 0 Å². The molecule has 2 aliphatic rings. The summed E-state index contributed by atoms with van der Waals surface area (Å²) in [5.41, 5.74) is 4.14. The van der Waals surface area contributed by atoms with Crippen LogP contribution in [0.15, 0.2) is 18.2 Å². The lowest BCUT2D eigenvalue weighted by atomic mass is 9.73. The van der Waals surface area contributed by atoms with Crippen molar-refractivity contribution < 1.29 is 5.11 Å². The van der Waals surface area contributed by atoms with Crippen LogP contribution in [0.4, 0.5) is 0 Å². The topological polar surface area (TPSA) is 20.2 Å². The van der Waals surface area contributed by atoms with E-state index in [0.717, 1.165) is 17.4 Å². The minimum Gasteiger partial charge on any atom is -0.388 e. The Kier molecular flexibility index (Phi) is 3.66. The van der Waals surface area contributed by atoms with Crippen molar-refractivity contribution in [2.24, 2.45) is 17.8 Å². The molecule has 0 bridgehead atoms. The average Bonchev–Trinajstić information content (AvgIpc) is 2.83. The molecule has 1 aromatic carbocycles. The summed E-state index contributed by atoms with van der Waals surface area (Å²) >= 11 is 0. The molecule has 0 heterocycles. The van der Waals surface area contributed by atoms with E-state index in [1.165, 1.54) is 49.7 Å². The smallest absolute Gasteiger partial charge is 0.0818 e. The van der Waals surface area contributed by atoms with Crippen LogP contribution < -0.4 is 0 Å². The molecular formula is C18H26O. The van der Waals surface area contributed by atoms with E-state index >= 15 is 0 Å². The Labute approximate surface area is 117 Å². The fraction of sp³-hybridized carbons (Fsp3) is 0.667. The lowest BCUT2D eigenvalue weighted by Crippen LogP contribution is -2.24. The van der Waals surface area contributed by atoms with Gasteiger partial charge in [0, 0.05) is 0 Å². The van der Waals surface area contributed by atoms with Crippen LogP contribution in [0.1, 0.15) is 62.3 Å². The first kappa shape index (κ1) is 13.2. The van der Waals surface area contributed by atoms with Crippen molar-refractivity contribution in [1.29, 1.82) is 0 Å². The molecule has 1 N–H and O–H groups in total. The normalized spacial score (nSPS) is 32.1. The number of aliphatic hydroxyl groups is 1. The van der Waals surface area contributed by atoms with E-state index in [1.807, 2.05) is 0 Å². The molecule has 3 rings (SSSR count). The number of aliphatic hydroxyl groups excluding tert-OH is 1. The lowest BCUT2D eigenvalue weighted by molar-refractivity contribution is 0.0551. The van der Waals surface area contributed by atoms with Crippen LogP contribution in [0.25, 0.3) is 0 Å². The lowest BCUT2D eigenvalue weighted by Gasteiger charge is -2.34. The van der Waals surface area contributed by atoms with E-state index in [0.29, 0.717) is 5.92 Å². The summed E-state index contributed by atoms with van der Waals surface area (Å²) in [4.78, 5) is 0. The molecule has 2 aliphatic carbocycles. The SMILES string of the molecule is CC1CC(C)CC(C(O)c2ccc3c(c2)CCC3)C1. The fourth-order valence-corrected chi connectivity index (χ4v) is 4.31. The molecule has 3 atom stereocenters. The van der Waals surface area contributed by atoms with Gasteiger partial charge in [-0.1, -0.05) is 32.0 Å². The summed E-state index contributed by atoms with van der Waals surface area (Å²) in [6, 6.07) is 6.69. The zero-order valence-corrected chi connectivity index (χ0v) is 12.2. The van der Waals surface area contributed by atoms with Gasteiger partial charge < -0.3 is 5.11 Å². The molecule has 0 aliphatic heterocycles. The third kappa shape index (κ3) is 2.72. The highest BCUT2D eigenvalue weighted by molar-refractivity contribution is 5.36. The molecule has 104 valence electrons. The second-order valence-electron chi connectivity index (χ2n) is 7.00. The molecule has 0 saturated heterocycles. The first-order valence-corrected chi connectivity index (χ1v) is 7.93. The van der Waals surface area contributed by atoms with Crippen LogP contribution in [0.3, 0.4) is 0 Å². The Bertz CT molecular complexity index is 441. The minimum absolute atomic E-state index is 0.254. The summed E-state index contributed by atoms with van der Waals surface area (Å²) in [7, 11) is 0. The molecule has 0 amide bonds. The van der Waals surface area contributed by atoms with Crippen LogP contribution >= 0.6 is 0 Å². The third-order valence-corrected chi connectivity index (χ3v) is 5.13. The van der Waals surface area contributed by atoms with E-state index in [2.05, 4.69) is 32.0 Å². The van der Waals surface area contributed by atoms with Crippen molar-refractivity contribution >= 4 is 0 Å². The van der Waals surface area contributed by atoms with Crippen LogP contribution in [0.2, 0.25) is 0 Å². The van der Waals surface area contributed by atoms with Crippen molar-refractivity contribution in [3.8, 4) is 0 Å². The maximum absolute atomic E-state index is 10.7. The van der Waals surface area contributed by atoms with Crippen LogP contribution in [0.5, 0.6) is 0 Å². The average molecular weight is 258 g/mol. The van der Waals surface area contributed by atoms with Gasteiger partial charge in [0.25, 0.3) is 0 Å². The molecule has 1 saturated carbocycles. The van der Waals surface area contributed by atoms with Crippen molar-refractivity contribution in [2.75, 3.05) is 0 Å². The predicted molar refractivity (Wildman–Crippen MR) is 79.1 cm³/mol. The number of hydrogen-bond donors (Lipinski definition) is 1. The van der Waals surface area contributed by atoms with Crippen molar-refractivity contribution in [3.63, 3.8) is 0 Å². The van der Waals surface area contributed by atoms with Crippen molar-refractivity contribution in [2.45, 2.75) is 58.5 Å². The summed E-state index contributed by atoms with van der Waals surface area (Å²) in [5.74, 6) is 1.98. The second kappa shape index (κ2) is 5.28. The maximum Gasteiger partial charge on any atom is 0.0818 e. The molecule has 0 aromatic heterocycles. The Balaban J connectivity index is 1.77. The Hall–Kier alpha value is -0.820. The number of rotatable bonds is 2. The summed E-state index contributed by atoms with van der Waals surface area (Å²) < 4.78 is 0.